The first-order valence-corrected chi connectivity index (χ1v) is 1.09. The number of carboxylic acid groups (broad SMARTS) is 1. The molecule has 0 aliphatic heterocycles. The van der Waals surface area contributed by atoms with Gasteiger partial charge in [-0.15, -0.1) is 0 Å². The molecule has 0 aliphatic carbocycles. The first-order chi connectivity index (χ1) is 2.27. The molecular formula is CH4ClNO3. The quantitative estimate of drug-likeness (QED) is 0.491. The van der Waals surface area contributed by atoms with Gasteiger partial charge in [-0.05, 0) is 0 Å². The second kappa shape index (κ2) is 4.52. The van der Waals surface area contributed by atoms with Gasteiger partial charge in [-0.1, -0.05) is 0 Å². The zero-order valence-corrected chi connectivity index (χ0v) is 3.60. The van der Waals surface area contributed by atoms with Crippen LogP contribution in [0.5, 0.6) is 0 Å². The Morgan fingerprint density at radius 3 is 2.00 bits per heavy atom. The van der Waals surface area contributed by atoms with E-state index in [2.05, 4.69) is 16.2 Å². The van der Waals surface area contributed by atoms with E-state index in [9.17, 15) is 0 Å². The third kappa shape index (κ3) is 9.68. The van der Waals surface area contributed by atoms with Crippen molar-refractivity contribution in [3.05, 3.63) is 0 Å². The fourth-order valence-corrected chi connectivity index (χ4v) is 0. The third-order valence-corrected chi connectivity index (χ3v) is 0.198. The van der Waals surface area contributed by atoms with Gasteiger partial charge in [-0.3, -0.25) is 0 Å². The van der Waals surface area contributed by atoms with Crippen LogP contribution < -0.4 is 6.15 Å². The van der Waals surface area contributed by atoms with Crippen LogP contribution in [0.2, 0.25) is 0 Å². The van der Waals surface area contributed by atoms with Crippen molar-refractivity contribution in [2.75, 3.05) is 0 Å². The van der Waals surface area contributed by atoms with Crippen molar-refractivity contribution in [2.24, 2.45) is 0 Å². The Bertz CT molecular complexity index is 46.1. The Morgan fingerprint density at radius 2 is 2.00 bits per heavy atom. The van der Waals surface area contributed by atoms with Gasteiger partial charge in [0.1, 0.15) is 11.9 Å². The standard InChI is InChI=1S/CHClO3.H3N/c2-5-1(3)4;/h(H,3,4);1H3. The molecule has 38 valence electrons. The van der Waals surface area contributed by atoms with Crippen LogP contribution in [0, 0.1) is 0 Å². The molecule has 0 aromatic carbocycles. The molecule has 0 fully saturated rings. The van der Waals surface area contributed by atoms with Crippen LogP contribution in [-0.4, -0.2) is 11.3 Å². The molecule has 0 amide bonds. The van der Waals surface area contributed by atoms with Crippen molar-refractivity contribution in [3.8, 4) is 0 Å². The molecule has 5 heteroatoms. The fourth-order valence-electron chi connectivity index (χ4n) is 0. The Labute approximate surface area is 39.4 Å². The largest absolute Gasteiger partial charge is 0.524 e. The van der Waals surface area contributed by atoms with Gasteiger partial charge in [-0.2, -0.15) is 0 Å². The highest BCUT2D eigenvalue weighted by Gasteiger charge is 1.84. The van der Waals surface area contributed by atoms with Gasteiger partial charge < -0.3 is 15.5 Å². The van der Waals surface area contributed by atoms with Crippen molar-refractivity contribution < 1.29 is 14.2 Å². The van der Waals surface area contributed by atoms with E-state index in [1.165, 1.54) is 0 Å². The van der Waals surface area contributed by atoms with Crippen LogP contribution in [0.1, 0.15) is 0 Å². The lowest BCUT2D eigenvalue weighted by Crippen LogP contribution is -1.85. The van der Waals surface area contributed by atoms with Crippen LogP contribution >= 0.6 is 11.9 Å². The Morgan fingerprint density at radius 1 is 1.83 bits per heavy atom. The van der Waals surface area contributed by atoms with Gasteiger partial charge in [0.15, 0.2) is 0 Å². The predicted octanol–water partition coefficient (Wildman–Crippen LogP) is 0.997. The predicted molar refractivity (Wildman–Crippen MR) is 20.0 cm³/mol. The minimum Gasteiger partial charge on any atom is -0.449 e. The molecule has 0 atom stereocenters. The summed E-state index contributed by atoms with van der Waals surface area (Å²) in [5, 5.41) is 7.37. The van der Waals surface area contributed by atoms with Crippen LogP contribution in [0.4, 0.5) is 4.79 Å². The number of hydrogen-bond donors (Lipinski definition) is 2. The lowest BCUT2D eigenvalue weighted by molar-refractivity contribution is 0.149. The molecule has 0 saturated carbocycles. The molecule has 0 unspecified atom stereocenters. The SMILES string of the molecule is N.O=C(O)OCl. The minimum absolute atomic E-state index is 0. The molecule has 0 heterocycles. The Balaban J connectivity index is 0. The number of rotatable bonds is 0. The molecule has 0 radical (unpaired) electrons. The van der Waals surface area contributed by atoms with Crippen molar-refractivity contribution in [2.45, 2.75) is 0 Å². The highest BCUT2D eigenvalue weighted by Crippen LogP contribution is 1.75. The summed E-state index contributed by atoms with van der Waals surface area (Å²) in [4.78, 5) is 9.01. The summed E-state index contributed by atoms with van der Waals surface area (Å²) in [5.41, 5.74) is 0. The van der Waals surface area contributed by atoms with Crippen LogP contribution in [0.25, 0.3) is 0 Å². The van der Waals surface area contributed by atoms with Gasteiger partial charge in [0.25, 0.3) is 0 Å². The van der Waals surface area contributed by atoms with Crippen LogP contribution in [0.3, 0.4) is 0 Å². The monoisotopic (exact) mass is 113 g/mol. The Hall–Kier alpha value is -0.480. The first-order valence-electron chi connectivity index (χ1n) is 0.786. The molecule has 0 aliphatic rings. The molecule has 6 heavy (non-hydrogen) atoms. The fraction of sp³-hybridized carbons (Fsp3) is 0. The summed E-state index contributed by atoms with van der Waals surface area (Å²) in [5.74, 6) is 0. The average molecular weight is 114 g/mol. The number of carbonyl (C=O) groups is 1. The Kier molecular flexibility index (Phi) is 6.86. The van der Waals surface area contributed by atoms with Crippen molar-refractivity contribution >= 4 is 18.0 Å². The second-order valence-electron chi connectivity index (χ2n) is 0.343. The van der Waals surface area contributed by atoms with Gasteiger partial charge in [0.05, 0.1) is 0 Å². The van der Waals surface area contributed by atoms with E-state index in [1.54, 1.807) is 0 Å². The zero-order chi connectivity index (χ0) is 4.28. The summed E-state index contributed by atoms with van der Waals surface area (Å²) in [6, 6.07) is 0. The highest BCUT2D eigenvalue weighted by molar-refractivity contribution is 6.12. The van der Waals surface area contributed by atoms with Crippen molar-refractivity contribution in [1.29, 1.82) is 0 Å². The van der Waals surface area contributed by atoms with Crippen LogP contribution in [0.15, 0.2) is 0 Å². The van der Waals surface area contributed by atoms with E-state index in [1.807, 2.05) is 0 Å². The van der Waals surface area contributed by atoms with E-state index in [-0.39, 0.29) is 6.15 Å². The topological polar surface area (TPSA) is 81.5 Å². The molecule has 0 spiro atoms. The van der Waals surface area contributed by atoms with E-state index >= 15 is 0 Å². The van der Waals surface area contributed by atoms with Crippen molar-refractivity contribution in [3.63, 3.8) is 0 Å². The minimum atomic E-state index is -1.48. The maximum absolute atomic E-state index is 9.01. The lowest BCUT2D eigenvalue weighted by Gasteiger charge is -1.73. The average Bonchev–Trinajstić information content (AvgIpc) is 1.38. The summed E-state index contributed by atoms with van der Waals surface area (Å²) < 4.78 is 3.14. The molecule has 4 nitrogen and oxygen atoms in total. The third-order valence-electron chi connectivity index (χ3n) is 0.0660. The van der Waals surface area contributed by atoms with Gasteiger partial charge in [0, 0.05) is 0 Å². The molecule has 0 saturated heterocycles. The summed E-state index contributed by atoms with van der Waals surface area (Å²) in [6.45, 7) is 0. The molecule has 0 aromatic rings. The summed E-state index contributed by atoms with van der Waals surface area (Å²) >= 11 is 4.24. The van der Waals surface area contributed by atoms with E-state index in [0.717, 1.165) is 0 Å². The van der Waals surface area contributed by atoms with Gasteiger partial charge in [-0.25, -0.2) is 4.79 Å². The highest BCUT2D eigenvalue weighted by atomic mass is 35.5. The molecule has 0 rings (SSSR count). The van der Waals surface area contributed by atoms with E-state index in [4.69, 9.17) is 9.90 Å². The van der Waals surface area contributed by atoms with Gasteiger partial charge >= 0.3 is 6.16 Å². The zero-order valence-electron chi connectivity index (χ0n) is 2.85. The molecule has 0 aromatic heterocycles. The normalized spacial score (nSPS) is 5.50. The number of hydrogen-bond acceptors (Lipinski definition) is 3. The van der Waals surface area contributed by atoms with Crippen LogP contribution in [-0.2, 0) is 4.29 Å². The summed E-state index contributed by atoms with van der Waals surface area (Å²) in [7, 11) is 0. The second-order valence-corrected chi connectivity index (χ2v) is 0.497. The smallest absolute Gasteiger partial charge is 0.449 e. The molecule has 4 N–H and O–H groups in total. The first kappa shape index (κ1) is 9.10. The van der Waals surface area contributed by atoms with Crippen molar-refractivity contribution in [1.82, 2.24) is 6.15 Å². The maximum Gasteiger partial charge on any atom is 0.524 e. The summed E-state index contributed by atoms with van der Waals surface area (Å²) in [6.07, 6.45) is -1.48. The van der Waals surface area contributed by atoms with E-state index < -0.39 is 6.16 Å². The number of halogens is 1. The lowest BCUT2D eigenvalue weighted by atomic mass is 11.5. The maximum atomic E-state index is 9.01. The van der Waals surface area contributed by atoms with E-state index in [0.29, 0.717) is 0 Å². The van der Waals surface area contributed by atoms with Gasteiger partial charge in [0.2, 0.25) is 0 Å². The molecular weight excluding hydrogens is 109 g/mol. The molecule has 0 bridgehead atoms.